The SMILES string of the molecule is O=C(O)O.O=[N+]([O-])c1ccc2c(c1)Oc1ccc(-c3ccccc3)cc1N2. The van der Waals surface area contributed by atoms with Gasteiger partial charge in [0.15, 0.2) is 11.5 Å². The molecule has 0 saturated heterocycles. The first-order valence-corrected chi connectivity index (χ1v) is 7.79. The predicted octanol–water partition coefficient (Wildman–Crippen LogP) is 5.33. The van der Waals surface area contributed by atoms with Crippen molar-refractivity contribution in [2.45, 2.75) is 0 Å². The average Bonchev–Trinajstić information content (AvgIpc) is 2.65. The molecule has 0 spiro atoms. The number of benzene rings is 3. The normalized spacial score (nSPS) is 10.8. The molecule has 0 fully saturated rings. The second kappa shape index (κ2) is 7.44. The highest BCUT2D eigenvalue weighted by molar-refractivity contribution is 5.80. The van der Waals surface area contributed by atoms with E-state index < -0.39 is 11.1 Å². The molecule has 136 valence electrons. The van der Waals surface area contributed by atoms with Crippen molar-refractivity contribution in [3.05, 3.63) is 76.8 Å². The Labute approximate surface area is 153 Å². The van der Waals surface area contributed by atoms with E-state index in [4.69, 9.17) is 19.7 Å². The van der Waals surface area contributed by atoms with Gasteiger partial charge >= 0.3 is 6.16 Å². The molecule has 0 saturated carbocycles. The summed E-state index contributed by atoms with van der Waals surface area (Å²) in [5, 5.41) is 28.1. The number of ether oxygens (including phenoxy) is 1. The Morgan fingerprint density at radius 2 is 1.59 bits per heavy atom. The van der Waals surface area contributed by atoms with Gasteiger partial charge in [-0.15, -0.1) is 0 Å². The van der Waals surface area contributed by atoms with E-state index in [1.165, 1.54) is 12.1 Å². The number of carbonyl (C=O) groups is 1. The Bertz CT molecular complexity index is 1000. The van der Waals surface area contributed by atoms with Crippen molar-refractivity contribution in [3.63, 3.8) is 0 Å². The Balaban J connectivity index is 0.000000481. The van der Waals surface area contributed by atoms with Gasteiger partial charge in [-0.3, -0.25) is 10.1 Å². The number of hydrogen-bond acceptors (Lipinski definition) is 5. The molecule has 0 bridgehead atoms. The summed E-state index contributed by atoms with van der Waals surface area (Å²) in [6.45, 7) is 0. The van der Waals surface area contributed by atoms with Crippen LogP contribution < -0.4 is 10.1 Å². The summed E-state index contributed by atoms with van der Waals surface area (Å²) in [6, 6.07) is 20.4. The summed E-state index contributed by atoms with van der Waals surface area (Å²) in [5.41, 5.74) is 3.76. The van der Waals surface area contributed by atoms with Crippen molar-refractivity contribution in [2.24, 2.45) is 0 Å². The predicted molar refractivity (Wildman–Crippen MR) is 99.0 cm³/mol. The quantitative estimate of drug-likeness (QED) is 0.323. The molecule has 3 aromatic carbocycles. The van der Waals surface area contributed by atoms with Gasteiger partial charge in [0.25, 0.3) is 5.69 Å². The molecule has 1 heterocycles. The van der Waals surface area contributed by atoms with Gasteiger partial charge in [0.05, 0.1) is 22.4 Å². The third-order valence-corrected chi connectivity index (χ3v) is 3.75. The average molecular weight is 366 g/mol. The van der Waals surface area contributed by atoms with Gasteiger partial charge in [0.1, 0.15) is 0 Å². The van der Waals surface area contributed by atoms with Gasteiger partial charge in [-0.05, 0) is 29.3 Å². The van der Waals surface area contributed by atoms with Crippen molar-refractivity contribution in [2.75, 3.05) is 5.32 Å². The minimum Gasteiger partial charge on any atom is -0.453 e. The number of carboxylic acid groups (broad SMARTS) is 2. The summed E-state index contributed by atoms with van der Waals surface area (Å²) in [4.78, 5) is 19.0. The fourth-order valence-electron chi connectivity index (χ4n) is 2.60. The summed E-state index contributed by atoms with van der Waals surface area (Å²) >= 11 is 0. The third kappa shape index (κ3) is 4.13. The molecule has 0 atom stereocenters. The second-order valence-electron chi connectivity index (χ2n) is 5.52. The van der Waals surface area contributed by atoms with Gasteiger partial charge in [0, 0.05) is 6.07 Å². The van der Waals surface area contributed by atoms with Gasteiger partial charge in [-0.2, -0.15) is 0 Å². The van der Waals surface area contributed by atoms with E-state index in [-0.39, 0.29) is 5.69 Å². The molecule has 0 aromatic heterocycles. The van der Waals surface area contributed by atoms with Gasteiger partial charge in [0.2, 0.25) is 0 Å². The molecule has 0 aliphatic carbocycles. The number of rotatable bonds is 2. The highest BCUT2D eigenvalue weighted by atomic mass is 16.6. The van der Waals surface area contributed by atoms with Crippen LogP contribution in [0.15, 0.2) is 66.7 Å². The van der Waals surface area contributed by atoms with Crippen LogP contribution in [-0.2, 0) is 0 Å². The Morgan fingerprint density at radius 1 is 0.889 bits per heavy atom. The van der Waals surface area contributed by atoms with E-state index in [9.17, 15) is 10.1 Å². The van der Waals surface area contributed by atoms with Crippen LogP contribution in [-0.4, -0.2) is 21.3 Å². The van der Waals surface area contributed by atoms with E-state index in [0.717, 1.165) is 16.8 Å². The van der Waals surface area contributed by atoms with Crippen molar-refractivity contribution in [1.82, 2.24) is 0 Å². The number of anilines is 2. The summed E-state index contributed by atoms with van der Waals surface area (Å²) in [5.74, 6) is 1.11. The van der Waals surface area contributed by atoms with E-state index in [0.29, 0.717) is 17.2 Å². The van der Waals surface area contributed by atoms with E-state index in [1.54, 1.807) is 6.07 Å². The number of fused-ring (bicyclic) bond motifs is 2. The lowest BCUT2D eigenvalue weighted by Crippen LogP contribution is -2.03. The van der Waals surface area contributed by atoms with E-state index >= 15 is 0 Å². The molecule has 4 rings (SSSR count). The van der Waals surface area contributed by atoms with Crippen molar-refractivity contribution < 1.29 is 24.7 Å². The smallest absolute Gasteiger partial charge is 0.453 e. The molecule has 0 amide bonds. The number of hydrogen-bond donors (Lipinski definition) is 3. The minimum absolute atomic E-state index is 0.00917. The Morgan fingerprint density at radius 3 is 2.26 bits per heavy atom. The number of nitrogens with one attached hydrogen (secondary N) is 1. The van der Waals surface area contributed by atoms with Crippen LogP contribution in [0.4, 0.5) is 21.9 Å². The zero-order valence-corrected chi connectivity index (χ0v) is 13.8. The zero-order valence-electron chi connectivity index (χ0n) is 13.8. The maximum absolute atomic E-state index is 10.9. The molecule has 1 aliphatic heterocycles. The summed E-state index contributed by atoms with van der Waals surface area (Å²) in [6.07, 6.45) is -1.83. The fraction of sp³-hybridized carbons (Fsp3) is 0. The van der Waals surface area contributed by atoms with E-state index in [2.05, 4.69) is 5.32 Å². The van der Waals surface area contributed by atoms with Gasteiger partial charge < -0.3 is 20.3 Å². The molecular formula is C19H14N2O6. The van der Waals surface area contributed by atoms with Crippen molar-refractivity contribution in [1.29, 1.82) is 0 Å². The number of nitrogens with zero attached hydrogens (tertiary/aromatic N) is 1. The number of nitro benzene ring substituents is 1. The number of nitro groups is 1. The van der Waals surface area contributed by atoms with Crippen LogP contribution >= 0.6 is 0 Å². The maximum Gasteiger partial charge on any atom is 0.503 e. The van der Waals surface area contributed by atoms with Crippen molar-refractivity contribution >= 4 is 23.2 Å². The fourth-order valence-corrected chi connectivity index (χ4v) is 2.60. The lowest BCUT2D eigenvalue weighted by molar-refractivity contribution is -0.384. The van der Waals surface area contributed by atoms with Crippen LogP contribution in [0.25, 0.3) is 11.1 Å². The van der Waals surface area contributed by atoms with Crippen LogP contribution in [0.2, 0.25) is 0 Å². The topological polar surface area (TPSA) is 122 Å². The maximum atomic E-state index is 10.9. The molecule has 8 nitrogen and oxygen atoms in total. The largest absolute Gasteiger partial charge is 0.503 e. The third-order valence-electron chi connectivity index (χ3n) is 3.75. The minimum atomic E-state index is -1.83. The Hall–Kier alpha value is -4.07. The standard InChI is InChI=1S/C18H12N2O3.CH2O3/c21-20(22)14-7-8-15-18(11-14)23-17-9-6-13(10-16(17)19-15)12-4-2-1-3-5-12;2-1(3)4/h1-11,19H;(H2,2,3,4). The van der Waals surface area contributed by atoms with Gasteiger partial charge in [-0.1, -0.05) is 36.4 Å². The molecular weight excluding hydrogens is 352 g/mol. The first-order chi connectivity index (χ1) is 12.9. The molecule has 3 aromatic rings. The monoisotopic (exact) mass is 366 g/mol. The first-order valence-electron chi connectivity index (χ1n) is 7.79. The summed E-state index contributed by atoms with van der Waals surface area (Å²) in [7, 11) is 0. The first kappa shape index (κ1) is 17.7. The summed E-state index contributed by atoms with van der Waals surface area (Å²) < 4.78 is 5.79. The van der Waals surface area contributed by atoms with E-state index in [1.807, 2.05) is 48.5 Å². The lowest BCUT2D eigenvalue weighted by Gasteiger charge is -2.22. The van der Waals surface area contributed by atoms with Crippen LogP contribution in [0, 0.1) is 10.1 Å². The van der Waals surface area contributed by atoms with Crippen LogP contribution in [0.3, 0.4) is 0 Å². The highest BCUT2D eigenvalue weighted by Crippen LogP contribution is 2.44. The van der Waals surface area contributed by atoms with Crippen molar-refractivity contribution in [3.8, 4) is 22.6 Å². The molecule has 3 N–H and O–H groups in total. The lowest BCUT2D eigenvalue weighted by atomic mass is 10.0. The zero-order chi connectivity index (χ0) is 19.4. The number of non-ortho nitro benzene ring substituents is 1. The van der Waals surface area contributed by atoms with Crippen LogP contribution in [0.5, 0.6) is 11.5 Å². The molecule has 27 heavy (non-hydrogen) atoms. The molecule has 8 heteroatoms. The molecule has 0 radical (unpaired) electrons. The van der Waals surface area contributed by atoms with Crippen LogP contribution in [0.1, 0.15) is 0 Å². The molecule has 1 aliphatic rings. The van der Waals surface area contributed by atoms with Gasteiger partial charge in [-0.25, -0.2) is 4.79 Å². The highest BCUT2D eigenvalue weighted by Gasteiger charge is 2.20. The second-order valence-corrected chi connectivity index (χ2v) is 5.52. The molecule has 0 unspecified atom stereocenters. The Kier molecular flexibility index (Phi) is 4.89.